The van der Waals surface area contributed by atoms with Crippen molar-refractivity contribution in [3.05, 3.63) is 30.1 Å². The highest BCUT2D eigenvalue weighted by Crippen LogP contribution is 2.24. The molecule has 1 saturated heterocycles. The molecule has 6 heteroatoms. The Bertz CT molecular complexity index is 641. The van der Waals surface area contributed by atoms with Gasteiger partial charge in [0.1, 0.15) is 12.1 Å². The van der Waals surface area contributed by atoms with E-state index in [0.29, 0.717) is 11.6 Å². The Morgan fingerprint density at radius 3 is 3.05 bits per heavy atom. The van der Waals surface area contributed by atoms with Gasteiger partial charge < -0.3 is 10.4 Å². The number of thioether (sulfide) groups is 1. The van der Waals surface area contributed by atoms with Crippen molar-refractivity contribution in [1.82, 2.24) is 9.97 Å². The van der Waals surface area contributed by atoms with Crippen molar-refractivity contribution in [2.75, 3.05) is 16.8 Å². The maximum absolute atomic E-state index is 11.0. The number of rotatable bonds is 3. The number of hydrogen-bond donors (Lipinski definition) is 2. The van der Waals surface area contributed by atoms with Crippen LogP contribution in [0, 0.1) is 0 Å². The highest BCUT2D eigenvalue weighted by atomic mass is 32.2. The van der Waals surface area contributed by atoms with E-state index in [1.807, 2.05) is 11.8 Å². The average molecular weight is 289 g/mol. The van der Waals surface area contributed by atoms with E-state index >= 15 is 0 Å². The molecule has 1 aliphatic heterocycles. The van der Waals surface area contributed by atoms with Crippen LogP contribution < -0.4 is 5.32 Å². The Kier molecular flexibility index (Phi) is 3.73. The van der Waals surface area contributed by atoms with E-state index in [9.17, 15) is 4.79 Å². The minimum atomic E-state index is -0.941. The third-order valence-electron chi connectivity index (χ3n) is 3.38. The number of aromatic nitrogens is 2. The van der Waals surface area contributed by atoms with Crippen molar-refractivity contribution in [3.8, 4) is 0 Å². The van der Waals surface area contributed by atoms with Gasteiger partial charge in [-0.25, -0.2) is 14.8 Å². The van der Waals surface area contributed by atoms with E-state index in [1.165, 1.54) is 18.5 Å². The molecule has 1 aromatic carbocycles. The molecule has 1 unspecified atom stereocenters. The van der Waals surface area contributed by atoms with E-state index in [0.717, 1.165) is 23.4 Å². The van der Waals surface area contributed by atoms with Gasteiger partial charge in [0, 0.05) is 17.2 Å². The number of nitrogens with one attached hydrogen (secondary N) is 1. The first-order valence-electron chi connectivity index (χ1n) is 6.56. The molecule has 5 nitrogen and oxygen atoms in total. The van der Waals surface area contributed by atoms with Crippen LogP contribution in [-0.4, -0.2) is 38.6 Å². The smallest absolute Gasteiger partial charge is 0.335 e. The molecule has 2 aromatic rings. The van der Waals surface area contributed by atoms with Crippen molar-refractivity contribution >= 4 is 34.5 Å². The average Bonchev–Trinajstić information content (AvgIpc) is 2.48. The molecule has 0 aliphatic carbocycles. The molecule has 3 rings (SSSR count). The van der Waals surface area contributed by atoms with Crippen molar-refractivity contribution in [2.45, 2.75) is 18.9 Å². The van der Waals surface area contributed by atoms with Gasteiger partial charge in [-0.2, -0.15) is 11.8 Å². The van der Waals surface area contributed by atoms with Crippen molar-refractivity contribution < 1.29 is 9.90 Å². The number of fused-ring (bicyclic) bond motifs is 1. The van der Waals surface area contributed by atoms with Gasteiger partial charge in [-0.1, -0.05) is 0 Å². The van der Waals surface area contributed by atoms with Crippen LogP contribution in [0.15, 0.2) is 24.5 Å². The Morgan fingerprint density at radius 1 is 1.40 bits per heavy atom. The molecule has 1 aliphatic rings. The maximum atomic E-state index is 11.0. The largest absolute Gasteiger partial charge is 0.478 e. The topological polar surface area (TPSA) is 75.1 Å². The van der Waals surface area contributed by atoms with Crippen LogP contribution in [0.4, 0.5) is 5.82 Å². The third kappa shape index (κ3) is 2.70. The normalized spacial score (nSPS) is 18.9. The van der Waals surface area contributed by atoms with E-state index in [2.05, 4.69) is 15.3 Å². The van der Waals surface area contributed by atoms with Crippen LogP contribution in [0.2, 0.25) is 0 Å². The van der Waals surface area contributed by atoms with Crippen molar-refractivity contribution in [3.63, 3.8) is 0 Å². The predicted octanol–water partition coefficient (Wildman–Crippen LogP) is 2.64. The number of benzene rings is 1. The van der Waals surface area contributed by atoms with E-state index in [4.69, 9.17) is 5.11 Å². The van der Waals surface area contributed by atoms with Crippen LogP contribution in [0.1, 0.15) is 23.2 Å². The standard InChI is InChI=1S/C14H15N3O2S/c18-14(19)9-3-4-11-12(6-9)15-8-16-13(11)17-10-2-1-5-20-7-10/h3-4,6,8,10H,1-2,5,7H2,(H,18,19)(H,15,16,17). The molecule has 0 radical (unpaired) electrons. The number of nitrogens with zero attached hydrogens (tertiary/aromatic N) is 2. The fourth-order valence-corrected chi connectivity index (χ4v) is 3.42. The first-order valence-corrected chi connectivity index (χ1v) is 7.72. The number of aromatic carboxylic acids is 1. The van der Waals surface area contributed by atoms with Crippen LogP contribution in [0.5, 0.6) is 0 Å². The summed E-state index contributed by atoms with van der Waals surface area (Å²) in [6.07, 6.45) is 3.84. The second-order valence-electron chi connectivity index (χ2n) is 4.82. The van der Waals surface area contributed by atoms with Gasteiger partial charge in [0.2, 0.25) is 0 Å². The molecule has 20 heavy (non-hydrogen) atoms. The molecule has 0 spiro atoms. The van der Waals surface area contributed by atoms with Gasteiger partial charge in [-0.15, -0.1) is 0 Å². The highest BCUT2D eigenvalue weighted by molar-refractivity contribution is 7.99. The van der Waals surface area contributed by atoms with Gasteiger partial charge in [0.25, 0.3) is 0 Å². The number of carbonyl (C=O) groups is 1. The molecule has 2 N–H and O–H groups in total. The zero-order valence-corrected chi connectivity index (χ0v) is 11.7. The molecule has 104 valence electrons. The lowest BCUT2D eigenvalue weighted by molar-refractivity contribution is 0.0697. The Morgan fingerprint density at radius 2 is 2.30 bits per heavy atom. The summed E-state index contributed by atoms with van der Waals surface area (Å²) in [5.74, 6) is 2.16. The maximum Gasteiger partial charge on any atom is 0.335 e. The van der Waals surface area contributed by atoms with Gasteiger partial charge in [0.15, 0.2) is 0 Å². The number of anilines is 1. The fourth-order valence-electron chi connectivity index (χ4n) is 2.35. The van der Waals surface area contributed by atoms with Gasteiger partial charge in [-0.3, -0.25) is 0 Å². The highest BCUT2D eigenvalue weighted by Gasteiger charge is 2.15. The Balaban J connectivity index is 1.92. The lowest BCUT2D eigenvalue weighted by Gasteiger charge is -2.23. The molecule has 1 fully saturated rings. The Hall–Kier alpha value is -1.82. The summed E-state index contributed by atoms with van der Waals surface area (Å²) in [5, 5.41) is 13.3. The zero-order chi connectivity index (χ0) is 13.9. The fraction of sp³-hybridized carbons (Fsp3) is 0.357. The molecule has 2 heterocycles. The Labute approximate surface area is 120 Å². The molecule has 0 saturated carbocycles. The van der Waals surface area contributed by atoms with Gasteiger partial charge in [0.05, 0.1) is 11.1 Å². The summed E-state index contributed by atoms with van der Waals surface area (Å²) in [7, 11) is 0. The van der Waals surface area contributed by atoms with Crippen molar-refractivity contribution in [2.24, 2.45) is 0 Å². The number of carboxylic acids is 1. The molecule has 0 amide bonds. The van der Waals surface area contributed by atoms with Crippen LogP contribution in [0.25, 0.3) is 10.9 Å². The zero-order valence-electron chi connectivity index (χ0n) is 10.9. The minimum Gasteiger partial charge on any atom is -0.478 e. The second-order valence-corrected chi connectivity index (χ2v) is 5.97. The lowest BCUT2D eigenvalue weighted by atomic mass is 10.1. The van der Waals surface area contributed by atoms with Crippen LogP contribution >= 0.6 is 11.8 Å². The second kappa shape index (κ2) is 5.66. The summed E-state index contributed by atoms with van der Waals surface area (Å²) in [6.45, 7) is 0. The van der Waals surface area contributed by atoms with Crippen LogP contribution in [0.3, 0.4) is 0 Å². The monoisotopic (exact) mass is 289 g/mol. The number of carboxylic acid groups (broad SMARTS) is 1. The summed E-state index contributed by atoms with van der Waals surface area (Å²) < 4.78 is 0. The molecule has 1 atom stereocenters. The molecular formula is C14H15N3O2S. The van der Waals surface area contributed by atoms with Crippen LogP contribution in [-0.2, 0) is 0 Å². The lowest BCUT2D eigenvalue weighted by Crippen LogP contribution is -2.26. The quantitative estimate of drug-likeness (QED) is 0.904. The first-order chi connectivity index (χ1) is 9.74. The van der Waals surface area contributed by atoms with E-state index in [1.54, 1.807) is 18.2 Å². The summed E-state index contributed by atoms with van der Waals surface area (Å²) in [4.78, 5) is 19.4. The van der Waals surface area contributed by atoms with E-state index < -0.39 is 5.97 Å². The van der Waals surface area contributed by atoms with Gasteiger partial charge in [-0.05, 0) is 36.8 Å². The summed E-state index contributed by atoms with van der Waals surface area (Å²) in [6, 6.07) is 5.37. The first kappa shape index (κ1) is 13.2. The molecular weight excluding hydrogens is 274 g/mol. The SMILES string of the molecule is O=C(O)c1ccc2c(NC3CCCSC3)ncnc2c1. The molecule has 0 bridgehead atoms. The predicted molar refractivity (Wildman–Crippen MR) is 80.5 cm³/mol. The third-order valence-corrected chi connectivity index (χ3v) is 4.60. The minimum absolute atomic E-state index is 0.246. The number of hydrogen-bond acceptors (Lipinski definition) is 5. The van der Waals surface area contributed by atoms with Crippen molar-refractivity contribution in [1.29, 1.82) is 0 Å². The summed E-state index contributed by atoms with van der Waals surface area (Å²) >= 11 is 1.95. The molecule has 1 aromatic heterocycles. The summed E-state index contributed by atoms with van der Waals surface area (Å²) in [5.41, 5.74) is 0.904. The van der Waals surface area contributed by atoms with E-state index in [-0.39, 0.29) is 5.56 Å². The van der Waals surface area contributed by atoms with Gasteiger partial charge >= 0.3 is 5.97 Å².